The molecule has 9 heteroatoms. The number of ether oxygens (including phenoxy) is 1. The summed E-state index contributed by atoms with van der Waals surface area (Å²) in [5, 5.41) is 11.8. The third-order valence-electron chi connectivity index (χ3n) is 3.76. The van der Waals surface area contributed by atoms with Crippen LogP contribution in [0.4, 0.5) is 18.9 Å². The summed E-state index contributed by atoms with van der Waals surface area (Å²) in [5.74, 6) is -2.58. The fraction of sp³-hybridized carbons (Fsp3) is 0.111. The van der Waals surface area contributed by atoms with E-state index in [1.807, 2.05) is 0 Å². The van der Waals surface area contributed by atoms with Gasteiger partial charge in [-0.3, -0.25) is 4.79 Å². The predicted molar refractivity (Wildman–Crippen MR) is 89.1 cm³/mol. The minimum absolute atomic E-state index is 0.0705. The average molecular weight is 379 g/mol. The molecule has 0 aliphatic heterocycles. The first kappa shape index (κ1) is 18.3. The number of aromatic carboxylic acids is 1. The summed E-state index contributed by atoms with van der Waals surface area (Å²) in [6.07, 6.45) is -4.65. The highest BCUT2D eigenvalue weighted by Gasteiger charge is 2.34. The summed E-state index contributed by atoms with van der Waals surface area (Å²) < 4.78 is 49.0. The number of carboxylic acids is 1. The van der Waals surface area contributed by atoms with Crippen LogP contribution in [0.5, 0.6) is 5.75 Å². The van der Waals surface area contributed by atoms with Crippen LogP contribution in [0.2, 0.25) is 0 Å². The number of amides is 1. The molecule has 0 spiro atoms. The van der Waals surface area contributed by atoms with Gasteiger partial charge in [0.15, 0.2) is 0 Å². The van der Waals surface area contributed by atoms with Crippen molar-refractivity contribution in [3.05, 3.63) is 59.4 Å². The lowest BCUT2D eigenvalue weighted by Gasteiger charge is -2.14. The fourth-order valence-corrected chi connectivity index (χ4v) is 2.49. The predicted octanol–water partition coefficient (Wildman–Crippen LogP) is 4.41. The summed E-state index contributed by atoms with van der Waals surface area (Å²) >= 11 is 0. The van der Waals surface area contributed by atoms with Crippen LogP contribution >= 0.6 is 0 Å². The summed E-state index contributed by atoms with van der Waals surface area (Å²) in [6, 6.07) is 8.66. The molecule has 0 unspecified atom stereocenters. The van der Waals surface area contributed by atoms with Crippen molar-refractivity contribution in [2.45, 2.75) is 6.18 Å². The van der Waals surface area contributed by atoms with E-state index in [0.29, 0.717) is 5.39 Å². The molecule has 0 aliphatic rings. The molecule has 3 rings (SSSR count). The molecule has 2 N–H and O–H groups in total. The summed E-state index contributed by atoms with van der Waals surface area (Å²) in [4.78, 5) is 23.3. The molecule has 27 heavy (non-hydrogen) atoms. The number of methoxy groups -OCH3 is 1. The highest BCUT2D eigenvalue weighted by molar-refractivity contribution is 6.06. The monoisotopic (exact) mass is 379 g/mol. The molecular formula is C18H12F3NO5. The Balaban J connectivity index is 1.89. The van der Waals surface area contributed by atoms with Crippen molar-refractivity contribution in [1.29, 1.82) is 0 Å². The zero-order chi connectivity index (χ0) is 19.8. The molecule has 0 atom stereocenters. The zero-order valence-corrected chi connectivity index (χ0v) is 13.8. The summed E-state index contributed by atoms with van der Waals surface area (Å²) in [5.41, 5.74) is -0.821. The van der Waals surface area contributed by atoms with Gasteiger partial charge in [-0.1, -0.05) is 6.07 Å². The van der Waals surface area contributed by atoms with Crippen LogP contribution in [0.1, 0.15) is 26.5 Å². The molecule has 0 radical (unpaired) electrons. The molecular weight excluding hydrogens is 367 g/mol. The number of carbonyl (C=O) groups excluding carboxylic acids is 1. The molecule has 1 aromatic heterocycles. The van der Waals surface area contributed by atoms with Crippen LogP contribution in [0, 0.1) is 0 Å². The molecule has 6 nitrogen and oxygen atoms in total. The van der Waals surface area contributed by atoms with Crippen LogP contribution in [-0.4, -0.2) is 24.1 Å². The van der Waals surface area contributed by atoms with Crippen LogP contribution < -0.4 is 10.1 Å². The number of hydrogen-bond acceptors (Lipinski definition) is 4. The van der Waals surface area contributed by atoms with E-state index in [4.69, 9.17) is 14.3 Å². The van der Waals surface area contributed by atoms with Gasteiger partial charge >= 0.3 is 12.1 Å². The number of carbonyl (C=O) groups is 2. The maximum absolute atomic E-state index is 13.1. The Morgan fingerprint density at radius 3 is 2.48 bits per heavy atom. The molecule has 1 heterocycles. The Morgan fingerprint density at radius 1 is 1.11 bits per heavy atom. The third-order valence-corrected chi connectivity index (χ3v) is 3.76. The topological polar surface area (TPSA) is 88.8 Å². The Hall–Kier alpha value is -3.49. The lowest BCUT2D eigenvalue weighted by atomic mass is 10.1. The lowest BCUT2D eigenvalue weighted by Crippen LogP contribution is -2.13. The van der Waals surface area contributed by atoms with Crippen molar-refractivity contribution < 1.29 is 37.0 Å². The normalized spacial score (nSPS) is 11.4. The first-order valence-electron chi connectivity index (χ1n) is 7.52. The van der Waals surface area contributed by atoms with Crippen molar-refractivity contribution in [3.63, 3.8) is 0 Å². The van der Waals surface area contributed by atoms with Crippen molar-refractivity contribution in [2.75, 3.05) is 12.4 Å². The highest BCUT2D eigenvalue weighted by Crippen LogP contribution is 2.37. The zero-order valence-electron chi connectivity index (χ0n) is 13.8. The van der Waals surface area contributed by atoms with E-state index >= 15 is 0 Å². The Labute approximate surface area is 150 Å². The van der Waals surface area contributed by atoms with Gasteiger partial charge in [-0.15, -0.1) is 0 Å². The van der Waals surface area contributed by atoms with E-state index in [0.717, 1.165) is 19.2 Å². The van der Waals surface area contributed by atoms with Crippen molar-refractivity contribution in [1.82, 2.24) is 0 Å². The second-order valence-corrected chi connectivity index (χ2v) is 5.54. The number of anilines is 1. The Morgan fingerprint density at radius 2 is 1.85 bits per heavy atom. The van der Waals surface area contributed by atoms with Crippen LogP contribution in [0.25, 0.3) is 11.0 Å². The van der Waals surface area contributed by atoms with E-state index in [1.54, 1.807) is 0 Å². The van der Waals surface area contributed by atoms with Gasteiger partial charge in [0.2, 0.25) is 5.76 Å². The van der Waals surface area contributed by atoms with Gasteiger partial charge in [0, 0.05) is 16.6 Å². The van der Waals surface area contributed by atoms with Crippen LogP contribution in [0.15, 0.2) is 46.9 Å². The Kier molecular flexibility index (Phi) is 4.52. The van der Waals surface area contributed by atoms with Crippen molar-refractivity contribution >= 4 is 28.5 Å². The van der Waals surface area contributed by atoms with Gasteiger partial charge in [0.25, 0.3) is 5.91 Å². The second-order valence-electron chi connectivity index (χ2n) is 5.54. The minimum Gasteiger partial charge on any atom is -0.496 e. The van der Waals surface area contributed by atoms with Gasteiger partial charge in [0.1, 0.15) is 11.3 Å². The number of halogens is 3. The molecule has 1 amide bonds. The Bertz CT molecular complexity index is 1040. The maximum Gasteiger partial charge on any atom is 0.420 e. The molecule has 0 bridgehead atoms. The van der Waals surface area contributed by atoms with Crippen molar-refractivity contribution in [2.24, 2.45) is 0 Å². The number of nitrogens with one attached hydrogen (secondary N) is 1. The van der Waals surface area contributed by atoms with Gasteiger partial charge in [0.05, 0.1) is 12.7 Å². The van der Waals surface area contributed by atoms with Gasteiger partial charge in [-0.05, 0) is 36.4 Å². The second kappa shape index (κ2) is 6.67. The number of fused-ring (bicyclic) bond motifs is 1. The van der Waals surface area contributed by atoms with Gasteiger partial charge in [-0.25, -0.2) is 4.79 Å². The SMILES string of the molecule is COc1ccc(NC(=O)c2ccc3cc(C(=O)O)oc3c2)cc1C(F)(F)F. The largest absolute Gasteiger partial charge is 0.496 e. The summed E-state index contributed by atoms with van der Waals surface area (Å²) in [6.45, 7) is 0. The molecule has 0 saturated carbocycles. The van der Waals surface area contributed by atoms with E-state index in [2.05, 4.69) is 5.32 Å². The number of carboxylic acid groups (broad SMARTS) is 1. The van der Waals surface area contributed by atoms with Crippen LogP contribution in [-0.2, 0) is 6.18 Å². The number of hydrogen-bond donors (Lipinski definition) is 2. The highest BCUT2D eigenvalue weighted by atomic mass is 19.4. The number of furan rings is 1. The lowest BCUT2D eigenvalue weighted by molar-refractivity contribution is -0.138. The summed E-state index contributed by atoms with van der Waals surface area (Å²) in [7, 11) is 1.12. The van der Waals surface area contributed by atoms with Gasteiger partial charge in [-0.2, -0.15) is 13.2 Å². The minimum atomic E-state index is -4.65. The molecule has 2 aromatic carbocycles. The van der Waals surface area contributed by atoms with E-state index in [9.17, 15) is 22.8 Å². The maximum atomic E-state index is 13.1. The number of rotatable bonds is 4. The van der Waals surface area contributed by atoms with Gasteiger partial charge < -0.3 is 19.6 Å². The quantitative estimate of drug-likeness (QED) is 0.701. The molecule has 140 valence electrons. The molecule has 0 fully saturated rings. The van der Waals surface area contributed by atoms with Crippen LogP contribution in [0.3, 0.4) is 0 Å². The first-order valence-corrected chi connectivity index (χ1v) is 7.52. The molecule has 0 saturated heterocycles. The molecule has 0 aliphatic carbocycles. The fourth-order valence-electron chi connectivity index (χ4n) is 2.49. The molecule has 3 aromatic rings. The number of benzene rings is 2. The standard InChI is InChI=1S/C18H12F3NO5/c1-26-13-5-4-11(8-12(13)18(19,20)21)22-16(23)10-3-2-9-6-15(17(24)25)27-14(9)7-10/h2-8H,1H3,(H,22,23)(H,24,25). The van der Waals surface area contributed by atoms with E-state index in [1.165, 1.54) is 30.3 Å². The first-order chi connectivity index (χ1) is 12.7. The average Bonchev–Trinajstić information content (AvgIpc) is 3.04. The van der Waals surface area contributed by atoms with Crippen molar-refractivity contribution in [3.8, 4) is 5.75 Å². The third kappa shape index (κ3) is 3.71. The smallest absolute Gasteiger partial charge is 0.420 e. The van der Waals surface area contributed by atoms with E-state index < -0.39 is 23.6 Å². The van der Waals surface area contributed by atoms with E-state index in [-0.39, 0.29) is 28.3 Å². The number of alkyl halides is 3.